The van der Waals surface area contributed by atoms with E-state index in [4.69, 9.17) is 0 Å². The van der Waals surface area contributed by atoms with E-state index >= 15 is 0 Å². The summed E-state index contributed by atoms with van der Waals surface area (Å²) in [5.41, 5.74) is 0.990. The van der Waals surface area contributed by atoms with Gasteiger partial charge < -0.3 is 5.11 Å². The van der Waals surface area contributed by atoms with E-state index in [0.717, 1.165) is 37.7 Å². The molecule has 0 bridgehead atoms. The Kier molecular flexibility index (Phi) is 7.34. The Morgan fingerprint density at radius 3 is 2.37 bits per heavy atom. The average molecular weight is 263 g/mol. The molecule has 0 radical (unpaired) electrons. The van der Waals surface area contributed by atoms with Crippen LogP contribution in [0.25, 0.3) is 0 Å². The fraction of sp³-hybridized carbons (Fsp3) is 0.625. The number of rotatable bonds is 9. The number of aliphatic hydroxyl groups is 1. The van der Waals surface area contributed by atoms with E-state index in [1.165, 1.54) is 0 Å². The second kappa shape index (κ2) is 8.81. The minimum absolute atomic E-state index is 0.231. The Balaban J connectivity index is 2.76. The van der Waals surface area contributed by atoms with Crippen LogP contribution in [0.4, 0.5) is 0 Å². The number of unbranched alkanes of at least 4 members (excludes halogenated alkanes) is 1. The van der Waals surface area contributed by atoms with Crippen LogP contribution in [-0.2, 0) is 0 Å². The molecule has 3 unspecified atom stereocenters. The molecule has 1 aromatic carbocycles. The molecule has 0 aliphatic carbocycles. The summed E-state index contributed by atoms with van der Waals surface area (Å²) >= 11 is 0. The maximum Gasteiger partial charge on any atom is 0.120 e. The Hall–Kier alpha value is -1.22. The molecule has 0 amide bonds. The molecule has 0 saturated carbocycles. The summed E-state index contributed by atoms with van der Waals surface area (Å²) in [6.07, 6.45) is 4.48. The van der Waals surface area contributed by atoms with Crippen LogP contribution in [0, 0.1) is 10.8 Å². The van der Waals surface area contributed by atoms with Crippen LogP contribution in [0.5, 0.6) is 0 Å². The molecule has 3 nitrogen and oxygen atoms in total. The van der Waals surface area contributed by atoms with Gasteiger partial charge in [-0.05, 0) is 37.7 Å². The number of hydrogen-bond acceptors (Lipinski definition) is 3. The number of nitroso groups, excluding NO2 is 1. The van der Waals surface area contributed by atoms with Gasteiger partial charge in [0.05, 0.1) is 6.10 Å². The van der Waals surface area contributed by atoms with Gasteiger partial charge >= 0.3 is 0 Å². The van der Waals surface area contributed by atoms with Crippen LogP contribution >= 0.6 is 0 Å². The van der Waals surface area contributed by atoms with Crippen molar-refractivity contribution in [2.45, 2.75) is 58.1 Å². The van der Waals surface area contributed by atoms with Gasteiger partial charge in [0.25, 0.3) is 0 Å². The van der Waals surface area contributed by atoms with Crippen molar-refractivity contribution in [3.8, 4) is 0 Å². The Labute approximate surface area is 116 Å². The first-order valence-electron chi connectivity index (χ1n) is 7.24. The highest BCUT2D eigenvalue weighted by atomic mass is 16.3. The first kappa shape index (κ1) is 15.8. The lowest BCUT2D eigenvalue weighted by molar-refractivity contribution is 0.168. The SMILES string of the molecule is CCCCC(CCC(C)O)C(N=O)c1ccccc1. The quantitative estimate of drug-likeness (QED) is 0.669. The molecule has 3 heteroatoms. The molecule has 1 N–H and O–H groups in total. The highest BCUT2D eigenvalue weighted by Crippen LogP contribution is 2.33. The molecule has 0 fully saturated rings. The van der Waals surface area contributed by atoms with Crippen molar-refractivity contribution in [1.29, 1.82) is 0 Å². The van der Waals surface area contributed by atoms with Gasteiger partial charge in [-0.15, -0.1) is 0 Å². The van der Waals surface area contributed by atoms with Crippen LogP contribution in [0.2, 0.25) is 0 Å². The second-order valence-corrected chi connectivity index (χ2v) is 5.29. The summed E-state index contributed by atoms with van der Waals surface area (Å²) in [6.45, 7) is 3.94. The Bertz CT molecular complexity index is 351. The van der Waals surface area contributed by atoms with Gasteiger partial charge in [-0.1, -0.05) is 55.3 Å². The van der Waals surface area contributed by atoms with Crippen LogP contribution in [0.3, 0.4) is 0 Å². The van der Waals surface area contributed by atoms with Crippen molar-refractivity contribution in [2.75, 3.05) is 0 Å². The van der Waals surface area contributed by atoms with E-state index in [1.807, 2.05) is 30.3 Å². The summed E-state index contributed by atoms with van der Waals surface area (Å²) < 4.78 is 0. The average Bonchev–Trinajstić information content (AvgIpc) is 2.43. The third-order valence-electron chi connectivity index (χ3n) is 3.58. The predicted octanol–water partition coefficient (Wildman–Crippen LogP) is 4.46. The fourth-order valence-corrected chi connectivity index (χ4v) is 2.45. The van der Waals surface area contributed by atoms with Crippen LogP contribution in [0.1, 0.15) is 57.6 Å². The molecular weight excluding hydrogens is 238 g/mol. The van der Waals surface area contributed by atoms with E-state index in [0.29, 0.717) is 0 Å². The van der Waals surface area contributed by atoms with Gasteiger partial charge in [0, 0.05) is 0 Å². The third-order valence-corrected chi connectivity index (χ3v) is 3.58. The smallest absolute Gasteiger partial charge is 0.120 e. The molecular formula is C16H25NO2. The Morgan fingerprint density at radius 1 is 1.16 bits per heavy atom. The van der Waals surface area contributed by atoms with E-state index in [9.17, 15) is 10.0 Å². The van der Waals surface area contributed by atoms with Gasteiger partial charge in [0.1, 0.15) is 6.04 Å². The second-order valence-electron chi connectivity index (χ2n) is 5.29. The van der Waals surface area contributed by atoms with Crippen molar-refractivity contribution in [3.05, 3.63) is 40.8 Å². The zero-order valence-corrected chi connectivity index (χ0v) is 12.0. The first-order valence-corrected chi connectivity index (χ1v) is 7.24. The van der Waals surface area contributed by atoms with Gasteiger partial charge in [-0.2, -0.15) is 4.91 Å². The summed E-state index contributed by atoms with van der Waals surface area (Å²) in [6, 6.07) is 9.48. The summed E-state index contributed by atoms with van der Waals surface area (Å²) in [7, 11) is 0. The fourth-order valence-electron chi connectivity index (χ4n) is 2.45. The van der Waals surface area contributed by atoms with Gasteiger partial charge in [-0.3, -0.25) is 0 Å². The minimum atomic E-state index is -0.313. The molecule has 1 rings (SSSR count). The number of hydrogen-bond donors (Lipinski definition) is 1. The van der Waals surface area contributed by atoms with E-state index in [2.05, 4.69) is 12.1 Å². The Morgan fingerprint density at radius 2 is 1.84 bits per heavy atom. The molecule has 0 aliphatic rings. The lowest BCUT2D eigenvalue weighted by Crippen LogP contribution is -2.14. The van der Waals surface area contributed by atoms with Crippen LogP contribution < -0.4 is 0 Å². The van der Waals surface area contributed by atoms with Crippen molar-refractivity contribution < 1.29 is 5.11 Å². The van der Waals surface area contributed by atoms with E-state index in [-0.39, 0.29) is 18.1 Å². The van der Waals surface area contributed by atoms with E-state index < -0.39 is 0 Å². The van der Waals surface area contributed by atoms with Gasteiger partial charge in [-0.25, -0.2) is 0 Å². The number of benzene rings is 1. The molecule has 1 aromatic rings. The lowest BCUT2D eigenvalue weighted by atomic mass is 9.85. The molecule has 0 spiro atoms. The van der Waals surface area contributed by atoms with Crippen molar-refractivity contribution >= 4 is 0 Å². The zero-order valence-electron chi connectivity index (χ0n) is 12.0. The van der Waals surface area contributed by atoms with E-state index in [1.54, 1.807) is 6.92 Å². The summed E-state index contributed by atoms with van der Waals surface area (Å²) in [4.78, 5) is 11.2. The molecule has 19 heavy (non-hydrogen) atoms. The van der Waals surface area contributed by atoms with Crippen molar-refractivity contribution in [3.63, 3.8) is 0 Å². The normalized spacial score (nSPS) is 15.7. The third kappa shape index (κ3) is 5.52. The molecule has 106 valence electrons. The largest absolute Gasteiger partial charge is 0.393 e. The van der Waals surface area contributed by atoms with Crippen LogP contribution in [-0.4, -0.2) is 11.2 Å². The maximum atomic E-state index is 11.2. The molecule has 0 heterocycles. The summed E-state index contributed by atoms with van der Waals surface area (Å²) in [5.74, 6) is 0.231. The molecule has 0 saturated heterocycles. The van der Waals surface area contributed by atoms with Crippen LogP contribution in [0.15, 0.2) is 35.5 Å². The van der Waals surface area contributed by atoms with Crippen molar-refractivity contribution in [2.24, 2.45) is 11.1 Å². The highest BCUT2D eigenvalue weighted by Gasteiger charge is 2.23. The lowest BCUT2D eigenvalue weighted by Gasteiger charge is -2.22. The van der Waals surface area contributed by atoms with Crippen molar-refractivity contribution in [1.82, 2.24) is 0 Å². The topological polar surface area (TPSA) is 49.7 Å². The molecule has 0 aromatic heterocycles. The van der Waals surface area contributed by atoms with Gasteiger partial charge in [0.2, 0.25) is 0 Å². The maximum absolute atomic E-state index is 11.2. The van der Waals surface area contributed by atoms with Gasteiger partial charge in [0.15, 0.2) is 0 Å². The monoisotopic (exact) mass is 263 g/mol. The summed E-state index contributed by atoms with van der Waals surface area (Å²) in [5, 5.41) is 12.8. The molecule has 3 atom stereocenters. The molecule has 0 aliphatic heterocycles. The number of nitrogens with zero attached hydrogens (tertiary/aromatic N) is 1. The predicted molar refractivity (Wildman–Crippen MR) is 78.9 cm³/mol. The standard InChI is InChI=1S/C16H25NO2/c1-3-4-8-15(12-11-13(2)18)16(17-19)14-9-6-5-7-10-14/h5-7,9-10,13,15-16,18H,3-4,8,11-12H2,1-2H3. The number of aliphatic hydroxyl groups excluding tert-OH is 1. The first-order chi connectivity index (χ1) is 9.19. The minimum Gasteiger partial charge on any atom is -0.393 e. The zero-order chi connectivity index (χ0) is 14.1. The highest BCUT2D eigenvalue weighted by molar-refractivity contribution is 5.19.